The van der Waals surface area contributed by atoms with Crippen molar-refractivity contribution in [2.75, 3.05) is 31.7 Å². The van der Waals surface area contributed by atoms with Gasteiger partial charge in [-0.3, -0.25) is 14.9 Å². The maximum absolute atomic E-state index is 12.0. The number of anilines is 1. The van der Waals surface area contributed by atoms with Gasteiger partial charge in [0.15, 0.2) is 0 Å². The van der Waals surface area contributed by atoms with Crippen LogP contribution in [0.3, 0.4) is 0 Å². The average molecular weight is 438 g/mol. The Bertz CT molecular complexity index is 1080. The van der Waals surface area contributed by atoms with Crippen molar-refractivity contribution >= 4 is 28.1 Å². The molecule has 0 aliphatic carbocycles. The van der Waals surface area contributed by atoms with Gasteiger partial charge in [0, 0.05) is 30.9 Å². The van der Waals surface area contributed by atoms with Gasteiger partial charge in [-0.05, 0) is 53.4 Å². The van der Waals surface area contributed by atoms with Gasteiger partial charge >= 0.3 is 5.97 Å². The van der Waals surface area contributed by atoms with Crippen LogP contribution in [0.25, 0.3) is 10.8 Å². The Morgan fingerprint density at radius 3 is 2.38 bits per heavy atom. The third-order valence-electron chi connectivity index (χ3n) is 5.49. The molecule has 0 aliphatic heterocycles. The van der Waals surface area contributed by atoms with E-state index in [9.17, 15) is 25.1 Å². The summed E-state index contributed by atoms with van der Waals surface area (Å²) in [6, 6.07) is 17.4. The lowest BCUT2D eigenvalue weighted by Crippen LogP contribution is -2.28. The van der Waals surface area contributed by atoms with E-state index in [-0.39, 0.29) is 12.3 Å². The predicted octanol–water partition coefficient (Wildman–Crippen LogP) is 4.20. The number of carbonyl (C=O) groups is 1. The number of methoxy groups -OCH3 is 1. The number of fused-ring (bicyclic) bond motifs is 1. The summed E-state index contributed by atoms with van der Waals surface area (Å²) in [6.45, 7) is 0.799. The van der Waals surface area contributed by atoms with Crippen molar-refractivity contribution in [3.05, 3.63) is 76.3 Å². The molecule has 168 valence electrons. The number of nitro groups is 1. The number of nitrogens with zero attached hydrogens (tertiary/aromatic N) is 2. The van der Waals surface area contributed by atoms with Crippen molar-refractivity contribution in [1.82, 2.24) is 0 Å². The van der Waals surface area contributed by atoms with Crippen LogP contribution in [0.1, 0.15) is 24.3 Å². The highest BCUT2D eigenvalue weighted by Gasteiger charge is 2.20. The third kappa shape index (κ3) is 5.53. The zero-order valence-corrected chi connectivity index (χ0v) is 17.8. The number of aliphatic hydroxyl groups is 1. The molecule has 3 aromatic rings. The first-order valence-electron chi connectivity index (χ1n) is 10.3. The standard InChI is InChI=1S/C24H26N2O6/c1-32-22-11-6-17-15-19(5-4-18(17)16-22)23(24(28)29)3-2-12-25(13-14-27)20-7-9-21(10-8-20)26(30)31/h4-11,15-16,23,27H,2-3,12-14H2,1H3,(H,28,29). The Morgan fingerprint density at radius 2 is 1.75 bits per heavy atom. The maximum Gasteiger partial charge on any atom is 0.310 e. The monoisotopic (exact) mass is 438 g/mol. The first-order chi connectivity index (χ1) is 15.4. The van der Waals surface area contributed by atoms with Crippen LogP contribution < -0.4 is 9.64 Å². The van der Waals surface area contributed by atoms with Crippen LogP contribution >= 0.6 is 0 Å². The predicted molar refractivity (Wildman–Crippen MR) is 123 cm³/mol. The Balaban J connectivity index is 1.71. The molecule has 8 heteroatoms. The summed E-state index contributed by atoms with van der Waals surface area (Å²) in [4.78, 5) is 24.3. The second-order valence-corrected chi connectivity index (χ2v) is 7.49. The molecule has 1 atom stereocenters. The Kier molecular flexibility index (Phi) is 7.62. The number of hydrogen-bond donors (Lipinski definition) is 2. The molecule has 0 aromatic heterocycles. The molecule has 2 N–H and O–H groups in total. The smallest absolute Gasteiger partial charge is 0.310 e. The van der Waals surface area contributed by atoms with E-state index in [1.807, 2.05) is 41.3 Å². The van der Waals surface area contributed by atoms with Crippen LogP contribution in [0.15, 0.2) is 60.7 Å². The number of carboxylic acid groups (broad SMARTS) is 1. The zero-order valence-electron chi connectivity index (χ0n) is 17.8. The second kappa shape index (κ2) is 10.6. The lowest BCUT2D eigenvalue weighted by atomic mass is 9.92. The number of hydrogen-bond acceptors (Lipinski definition) is 6. The number of aliphatic hydroxyl groups excluding tert-OH is 1. The van der Waals surface area contributed by atoms with Crippen LogP contribution in [0.4, 0.5) is 11.4 Å². The van der Waals surface area contributed by atoms with Crippen molar-refractivity contribution < 1.29 is 24.7 Å². The Labute approximate surface area is 185 Å². The van der Waals surface area contributed by atoms with Crippen molar-refractivity contribution in [1.29, 1.82) is 0 Å². The lowest BCUT2D eigenvalue weighted by Gasteiger charge is -2.24. The van der Waals surface area contributed by atoms with Crippen LogP contribution in [-0.2, 0) is 4.79 Å². The summed E-state index contributed by atoms with van der Waals surface area (Å²) in [7, 11) is 1.60. The normalized spacial score (nSPS) is 11.8. The lowest BCUT2D eigenvalue weighted by molar-refractivity contribution is -0.384. The van der Waals surface area contributed by atoms with E-state index < -0.39 is 16.8 Å². The minimum absolute atomic E-state index is 0.00226. The molecule has 8 nitrogen and oxygen atoms in total. The number of nitro benzene ring substituents is 1. The van der Waals surface area contributed by atoms with Crippen LogP contribution in [-0.4, -0.2) is 47.9 Å². The fraction of sp³-hybridized carbons (Fsp3) is 0.292. The van der Waals surface area contributed by atoms with E-state index in [1.165, 1.54) is 12.1 Å². The summed E-state index contributed by atoms with van der Waals surface area (Å²) in [5, 5.41) is 32.0. The molecule has 0 radical (unpaired) electrons. The molecule has 0 heterocycles. The van der Waals surface area contributed by atoms with E-state index in [0.29, 0.717) is 25.9 Å². The van der Waals surface area contributed by atoms with E-state index in [4.69, 9.17) is 4.74 Å². The summed E-state index contributed by atoms with van der Waals surface area (Å²) in [5.74, 6) is -0.800. The molecule has 3 aromatic carbocycles. The summed E-state index contributed by atoms with van der Waals surface area (Å²) in [5.41, 5.74) is 1.48. The van der Waals surface area contributed by atoms with Crippen molar-refractivity contribution in [2.45, 2.75) is 18.8 Å². The molecule has 0 bridgehead atoms. The molecular formula is C24H26N2O6. The molecule has 0 spiro atoms. The van der Waals surface area contributed by atoms with Crippen LogP contribution in [0, 0.1) is 10.1 Å². The number of carboxylic acids is 1. The van der Waals surface area contributed by atoms with E-state index in [0.717, 1.165) is 27.8 Å². The first kappa shape index (κ1) is 23.0. The number of rotatable bonds is 11. The molecule has 0 saturated carbocycles. The quantitative estimate of drug-likeness (QED) is 0.341. The average Bonchev–Trinajstić information content (AvgIpc) is 2.80. The Morgan fingerprint density at radius 1 is 1.06 bits per heavy atom. The topological polar surface area (TPSA) is 113 Å². The number of benzene rings is 3. The van der Waals surface area contributed by atoms with Gasteiger partial charge in [-0.15, -0.1) is 0 Å². The van der Waals surface area contributed by atoms with Crippen molar-refractivity contribution in [3.8, 4) is 5.75 Å². The van der Waals surface area contributed by atoms with Gasteiger partial charge in [-0.25, -0.2) is 0 Å². The largest absolute Gasteiger partial charge is 0.497 e. The second-order valence-electron chi connectivity index (χ2n) is 7.49. The summed E-state index contributed by atoms with van der Waals surface area (Å²) in [6.07, 6.45) is 1.00. The van der Waals surface area contributed by atoms with Crippen molar-refractivity contribution in [3.63, 3.8) is 0 Å². The highest BCUT2D eigenvalue weighted by molar-refractivity contribution is 5.86. The third-order valence-corrected chi connectivity index (χ3v) is 5.49. The molecule has 0 saturated heterocycles. The van der Waals surface area contributed by atoms with E-state index in [2.05, 4.69) is 0 Å². The molecule has 1 unspecified atom stereocenters. The number of aliphatic carboxylic acids is 1. The van der Waals surface area contributed by atoms with Crippen LogP contribution in [0.5, 0.6) is 5.75 Å². The van der Waals surface area contributed by atoms with Gasteiger partial charge in [-0.2, -0.15) is 0 Å². The van der Waals surface area contributed by atoms with Gasteiger partial charge in [0.05, 0.1) is 24.6 Å². The highest BCUT2D eigenvalue weighted by Crippen LogP contribution is 2.28. The minimum Gasteiger partial charge on any atom is -0.497 e. The first-order valence-corrected chi connectivity index (χ1v) is 10.3. The Hall–Kier alpha value is -3.65. The molecule has 0 aliphatic rings. The van der Waals surface area contributed by atoms with Gasteiger partial charge in [-0.1, -0.05) is 24.3 Å². The zero-order chi connectivity index (χ0) is 23.1. The van der Waals surface area contributed by atoms with E-state index in [1.54, 1.807) is 19.2 Å². The number of ether oxygens (including phenoxy) is 1. The molecule has 0 fully saturated rings. The van der Waals surface area contributed by atoms with Gasteiger partial charge in [0.2, 0.25) is 0 Å². The minimum atomic E-state index is -0.887. The molecule has 0 amide bonds. The SMILES string of the molecule is COc1ccc2cc(C(CCCN(CCO)c3ccc([N+](=O)[O-])cc3)C(=O)O)ccc2c1. The fourth-order valence-electron chi connectivity index (χ4n) is 3.78. The fourth-order valence-corrected chi connectivity index (χ4v) is 3.78. The summed E-state index contributed by atoms with van der Waals surface area (Å²) < 4.78 is 5.24. The molecule has 32 heavy (non-hydrogen) atoms. The van der Waals surface area contributed by atoms with Crippen molar-refractivity contribution in [2.24, 2.45) is 0 Å². The highest BCUT2D eigenvalue weighted by atomic mass is 16.6. The molecular weight excluding hydrogens is 412 g/mol. The van der Waals surface area contributed by atoms with Gasteiger partial charge in [0.25, 0.3) is 5.69 Å². The van der Waals surface area contributed by atoms with Gasteiger partial charge in [0.1, 0.15) is 5.75 Å². The molecule has 3 rings (SSSR count). The van der Waals surface area contributed by atoms with Crippen LogP contribution in [0.2, 0.25) is 0 Å². The maximum atomic E-state index is 12.0. The van der Waals surface area contributed by atoms with E-state index >= 15 is 0 Å². The number of non-ortho nitro benzene ring substituents is 1. The van der Waals surface area contributed by atoms with Gasteiger partial charge < -0.3 is 19.8 Å². The summed E-state index contributed by atoms with van der Waals surface area (Å²) >= 11 is 0.